The minimum absolute atomic E-state index is 0.0928. The van der Waals surface area contributed by atoms with Gasteiger partial charge in [-0.1, -0.05) is 19.3 Å². The van der Waals surface area contributed by atoms with Crippen molar-refractivity contribution in [1.82, 2.24) is 15.0 Å². The lowest BCUT2D eigenvalue weighted by molar-refractivity contribution is -0.120. The first-order valence-corrected chi connectivity index (χ1v) is 5.43. The Morgan fingerprint density at radius 3 is 2.80 bits per heavy atom. The summed E-state index contributed by atoms with van der Waals surface area (Å²) in [7, 11) is 1.73. The van der Waals surface area contributed by atoms with Gasteiger partial charge in [-0.3, -0.25) is 4.79 Å². The highest BCUT2D eigenvalue weighted by Crippen LogP contribution is 2.24. The van der Waals surface area contributed by atoms with Crippen molar-refractivity contribution in [2.75, 3.05) is 5.32 Å². The molecule has 1 N–H and O–H groups in total. The molecular weight excluding hydrogens is 192 g/mol. The predicted octanol–water partition coefficient (Wildman–Crippen LogP) is 1.33. The summed E-state index contributed by atoms with van der Waals surface area (Å²) in [5, 5.41) is 10.7. The number of hydrogen-bond donors (Lipinski definition) is 1. The van der Waals surface area contributed by atoms with Gasteiger partial charge in [-0.15, -0.1) is 5.10 Å². The smallest absolute Gasteiger partial charge is 0.228 e. The zero-order valence-electron chi connectivity index (χ0n) is 8.94. The van der Waals surface area contributed by atoms with Crippen molar-refractivity contribution in [3.63, 3.8) is 0 Å². The van der Waals surface area contributed by atoms with Gasteiger partial charge >= 0.3 is 0 Å². The molecule has 1 aromatic rings. The number of carbonyl (C=O) groups is 1. The molecule has 1 fully saturated rings. The summed E-state index contributed by atoms with van der Waals surface area (Å²) in [6.07, 6.45) is 7.17. The zero-order chi connectivity index (χ0) is 10.7. The number of carbonyl (C=O) groups excluding carboxylic acids is 1. The van der Waals surface area contributed by atoms with Crippen molar-refractivity contribution < 1.29 is 4.79 Å². The lowest BCUT2D eigenvalue weighted by Gasteiger charge is -2.19. The van der Waals surface area contributed by atoms with Gasteiger partial charge in [0.25, 0.3) is 0 Å². The Kier molecular flexibility index (Phi) is 2.99. The minimum Gasteiger partial charge on any atom is -0.308 e. The van der Waals surface area contributed by atoms with Crippen molar-refractivity contribution in [2.24, 2.45) is 13.0 Å². The SMILES string of the molecule is Cn1ncc(NC(=O)C2CCCCC2)n1. The monoisotopic (exact) mass is 208 g/mol. The van der Waals surface area contributed by atoms with Crippen LogP contribution in [-0.2, 0) is 11.8 Å². The molecule has 1 aliphatic carbocycles. The molecule has 0 atom stereocenters. The van der Waals surface area contributed by atoms with E-state index in [0.717, 1.165) is 12.8 Å². The van der Waals surface area contributed by atoms with E-state index in [9.17, 15) is 4.79 Å². The molecule has 1 heterocycles. The highest BCUT2D eigenvalue weighted by Gasteiger charge is 2.21. The van der Waals surface area contributed by atoms with Gasteiger partial charge in [0.05, 0.1) is 6.20 Å². The Labute approximate surface area is 88.9 Å². The Balaban J connectivity index is 1.91. The first kappa shape index (κ1) is 10.1. The van der Waals surface area contributed by atoms with E-state index in [4.69, 9.17) is 0 Å². The van der Waals surface area contributed by atoms with Crippen LogP contribution in [0.2, 0.25) is 0 Å². The van der Waals surface area contributed by atoms with Crippen molar-refractivity contribution in [1.29, 1.82) is 0 Å². The standard InChI is InChI=1S/C10H16N4O/c1-14-11-7-9(13-14)12-10(15)8-5-3-2-4-6-8/h7-8H,2-6H2,1H3,(H,12,13,15). The maximum Gasteiger partial charge on any atom is 0.228 e. The van der Waals surface area contributed by atoms with Crippen molar-refractivity contribution in [2.45, 2.75) is 32.1 Å². The number of aryl methyl sites for hydroxylation is 1. The fourth-order valence-electron chi connectivity index (χ4n) is 2.00. The van der Waals surface area contributed by atoms with E-state index < -0.39 is 0 Å². The number of anilines is 1. The van der Waals surface area contributed by atoms with Crippen molar-refractivity contribution in [3.05, 3.63) is 6.20 Å². The number of rotatable bonds is 2. The number of nitrogens with zero attached hydrogens (tertiary/aromatic N) is 3. The van der Waals surface area contributed by atoms with E-state index in [1.165, 1.54) is 24.1 Å². The van der Waals surface area contributed by atoms with Gasteiger partial charge in [0.2, 0.25) is 5.91 Å². The minimum atomic E-state index is 0.0928. The first-order chi connectivity index (χ1) is 7.25. The van der Waals surface area contributed by atoms with Gasteiger partial charge in [0.15, 0.2) is 5.82 Å². The van der Waals surface area contributed by atoms with Crippen LogP contribution in [0.1, 0.15) is 32.1 Å². The Morgan fingerprint density at radius 1 is 1.47 bits per heavy atom. The summed E-state index contributed by atoms with van der Waals surface area (Å²) in [5.74, 6) is 0.809. The van der Waals surface area contributed by atoms with Gasteiger partial charge in [-0.05, 0) is 12.8 Å². The summed E-state index contributed by atoms with van der Waals surface area (Å²) in [6, 6.07) is 0. The second-order valence-electron chi connectivity index (χ2n) is 4.04. The largest absolute Gasteiger partial charge is 0.308 e. The predicted molar refractivity (Wildman–Crippen MR) is 56.2 cm³/mol. The lowest BCUT2D eigenvalue weighted by Crippen LogP contribution is -2.24. The Morgan fingerprint density at radius 2 is 2.20 bits per heavy atom. The average Bonchev–Trinajstić information content (AvgIpc) is 2.65. The van der Waals surface area contributed by atoms with E-state index in [1.54, 1.807) is 13.2 Å². The highest BCUT2D eigenvalue weighted by molar-refractivity contribution is 5.91. The quantitative estimate of drug-likeness (QED) is 0.797. The molecule has 1 amide bonds. The summed E-state index contributed by atoms with van der Waals surface area (Å²) < 4.78 is 0. The molecule has 5 heteroatoms. The van der Waals surface area contributed by atoms with Gasteiger partial charge in [0.1, 0.15) is 0 Å². The fraction of sp³-hybridized carbons (Fsp3) is 0.700. The van der Waals surface area contributed by atoms with Crippen LogP contribution in [-0.4, -0.2) is 20.9 Å². The van der Waals surface area contributed by atoms with E-state index >= 15 is 0 Å². The van der Waals surface area contributed by atoms with Gasteiger partial charge in [0, 0.05) is 13.0 Å². The van der Waals surface area contributed by atoms with Crippen LogP contribution in [0.5, 0.6) is 0 Å². The number of nitrogens with one attached hydrogen (secondary N) is 1. The van der Waals surface area contributed by atoms with Crippen LogP contribution in [0.3, 0.4) is 0 Å². The van der Waals surface area contributed by atoms with Crippen LogP contribution >= 0.6 is 0 Å². The molecule has 0 spiro atoms. The summed E-state index contributed by atoms with van der Waals surface area (Å²) in [5.41, 5.74) is 0. The molecule has 0 radical (unpaired) electrons. The first-order valence-electron chi connectivity index (χ1n) is 5.43. The molecule has 0 aromatic carbocycles. The maximum absolute atomic E-state index is 11.8. The topological polar surface area (TPSA) is 59.8 Å². The van der Waals surface area contributed by atoms with Gasteiger partial charge in [-0.2, -0.15) is 9.90 Å². The Hall–Kier alpha value is -1.39. The van der Waals surface area contributed by atoms with Gasteiger partial charge < -0.3 is 5.32 Å². The van der Waals surface area contributed by atoms with E-state index in [0.29, 0.717) is 5.82 Å². The van der Waals surface area contributed by atoms with E-state index in [2.05, 4.69) is 15.5 Å². The molecular formula is C10H16N4O. The lowest BCUT2D eigenvalue weighted by atomic mass is 9.89. The molecule has 82 valence electrons. The third kappa shape index (κ3) is 2.55. The molecule has 1 aliphatic rings. The second kappa shape index (κ2) is 4.42. The molecule has 1 saturated carbocycles. The van der Waals surface area contributed by atoms with E-state index in [-0.39, 0.29) is 11.8 Å². The average molecular weight is 208 g/mol. The van der Waals surface area contributed by atoms with Crippen LogP contribution in [0.15, 0.2) is 6.20 Å². The van der Waals surface area contributed by atoms with Crippen LogP contribution in [0.4, 0.5) is 5.82 Å². The fourth-order valence-corrected chi connectivity index (χ4v) is 2.00. The maximum atomic E-state index is 11.8. The molecule has 2 rings (SSSR count). The van der Waals surface area contributed by atoms with Crippen molar-refractivity contribution in [3.8, 4) is 0 Å². The number of aromatic nitrogens is 3. The Bertz CT molecular complexity index is 341. The molecule has 0 bridgehead atoms. The van der Waals surface area contributed by atoms with Crippen LogP contribution in [0, 0.1) is 5.92 Å². The third-order valence-electron chi connectivity index (χ3n) is 2.83. The molecule has 0 saturated heterocycles. The highest BCUT2D eigenvalue weighted by atomic mass is 16.2. The summed E-state index contributed by atoms with van der Waals surface area (Å²) in [4.78, 5) is 13.2. The van der Waals surface area contributed by atoms with Crippen LogP contribution in [0.25, 0.3) is 0 Å². The molecule has 0 aliphatic heterocycles. The molecule has 0 unspecified atom stereocenters. The summed E-state index contributed by atoms with van der Waals surface area (Å²) >= 11 is 0. The van der Waals surface area contributed by atoms with Crippen LogP contribution < -0.4 is 5.32 Å². The second-order valence-corrected chi connectivity index (χ2v) is 4.04. The number of hydrogen-bond acceptors (Lipinski definition) is 3. The number of amides is 1. The molecule has 5 nitrogen and oxygen atoms in total. The van der Waals surface area contributed by atoms with Crippen molar-refractivity contribution >= 4 is 11.7 Å². The summed E-state index contributed by atoms with van der Waals surface area (Å²) in [6.45, 7) is 0. The molecule has 15 heavy (non-hydrogen) atoms. The third-order valence-corrected chi connectivity index (χ3v) is 2.83. The van der Waals surface area contributed by atoms with E-state index in [1.807, 2.05) is 0 Å². The zero-order valence-corrected chi connectivity index (χ0v) is 8.94. The van der Waals surface area contributed by atoms with Gasteiger partial charge in [-0.25, -0.2) is 0 Å². The normalized spacial score (nSPS) is 17.7. The molecule has 1 aromatic heterocycles.